The quantitative estimate of drug-likeness (QED) is 0.407. The maximum atomic E-state index is 13.4. The lowest BCUT2D eigenvalue weighted by Gasteiger charge is -2.22. The molecule has 1 unspecified atom stereocenters. The SMILES string of the molecule is Cc1nonc1COc1ccccc1C(=O)N1CCCC(Cc2cnc3ccccc3c2)CC1. The second kappa shape index (κ2) is 10.0. The minimum absolute atomic E-state index is 0.0126. The van der Waals surface area contributed by atoms with E-state index in [2.05, 4.69) is 27.4 Å². The summed E-state index contributed by atoms with van der Waals surface area (Å²) in [6.07, 6.45) is 6.06. The van der Waals surface area contributed by atoms with Gasteiger partial charge in [0.2, 0.25) is 0 Å². The second-order valence-electron chi connectivity index (χ2n) is 8.91. The number of rotatable bonds is 6. The molecular formula is C27H28N4O3. The Bertz CT molecular complexity index is 1290. The Labute approximate surface area is 198 Å². The molecule has 0 N–H and O–H groups in total. The van der Waals surface area contributed by atoms with Crippen LogP contribution in [-0.2, 0) is 13.0 Å². The van der Waals surface area contributed by atoms with Crippen LogP contribution < -0.4 is 4.74 Å². The Hall–Kier alpha value is -3.74. The highest BCUT2D eigenvalue weighted by Crippen LogP contribution is 2.26. The summed E-state index contributed by atoms with van der Waals surface area (Å²) in [6.45, 7) is 3.52. The van der Waals surface area contributed by atoms with E-state index in [1.54, 1.807) is 0 Å². The third kappa shape index (κ3) is 4.93. The lowest BCUT2D eigenvalue weighted by atomic mass is 9.93. The molecule has 174 valence electrons. The Balaban J connectivity index is 1.23. The van der Waals surface area contributed by atoms with Gasteiger partial charge in [-0.3, -0.25) is 9.78 Å². The number of amides is 1. The first-order valence-corrected chi connectivity index (χ1v) is 11.8. The van der Waals surface area contributed by atoms with Gasteiger partial charge in [0.1, 0.15) is 23.7 Å². The van der Waals surface area contributed by atoms with E-state index in [0.717, 1.165) is 44.3 Å². The Morgan fingerprint density at radius 2 is 1.94 bits per heavy atom. The fourth-order valence-corrected chi connectivity index (χ4v) is 4.60. The van der Waals surface area contributed by atoms with E-state index in [1.807, 2.05) is 60.5 Å². The molecule has 0 spiro atoms. The molecule has 0 aliphatic carbocycles. The fraction of sp³-hybridized carbons (Fsp3) is 0.333. The first-order valence-electron chi connectivity index (χ1n) is 11.8. The molecule has 1 aliphatic heterocycles. The molecule has 1 saturated heterocycles. The number of nitrogens with zero attached hydrogens (tertiary/aromatic N) is 4. The predicted molar refractivity (Wildman–Crippen MR) is 129 cm³/mol. The zero-order chi connectivity index (χ0) is 23.3. The molecular weight excluding hydrogens is 428 g/mol. The number of fused-ring (bicyclic) bond motifs is 1. The van der Waals surface area contributed by atoms with E-state index in [1.165, 1.54) is 10.9 Å². The van der Waals surface area contributed by atoms with Crippen LogP contribution in [-0.4, -0.2) is 39.2 Å². The van der Waals surface area contributed by atoms with Crippen molar-refractivity contribution in [2.24, 2.45) is 5.92 Å². The smallest absolute Gasteiger partial charge is 0.257 e. The van der Waals surface area contributed by atoms with Gasteiger partial charge in [0.25, 0.3) is 5.91 Å². The molecule has 0 saturated carbocycles. The molecule has 1 aliphatic rings. The van der Waals surface area contributed by atoms with E-state index >= 15 is 0 Å². The predicted octanol–water partition coefficient (Wildman–Crippen LogP) is 4.99. The summed E-state index contributed by atoms with van der Waals surface area (Å²) in [4.78, 5) is 20.0. The molecule has 1 atom stereocenters. The van der Waals surface area contributed by atoms with Crippen molar-refractivity contribution >= 4 is 16.8 Å². The first-order chi connectivity index (χ1) is 16.7. The number of carbonyl (C=O) groups excluding carboxylic acids is 1. The summed E-state index contributed by atoms with van der Waals surface area (Å²) >= 11 is 0. The Morgan fingerprint density at radius 1 is 1.09 bits per heavy atom. The van der Waals surface area contributed by atoms with Gasteiger partial charge in [-0.2, -0.15) is 0 Å². The van der Waals surface area contributed by atoms with Crippen LogP contribution in [0.2, 0.25) is 0 Å². The largest absolute Gasteiger partial charge is 0.486 e. The highest BCUT2D eigenvalue weighted by Gasteiger charge is 2.24. The number of para-hydroxylation sites is 2. The van der Waals surface area contributed by atoms with Crippen LogP contribution in [0.25, 0.3) is 10.9 Å². The van der Waals surface area contributed by atoms with Crippen LogP contribution in [0.4, 0.5) is 0 Å². The molecule has 2 aromatic carbocycles. The number of aryl methyl sites for hydroxylation is 1. The van der Waals surface area contributed by atoms with Gasteiger partial charge in [-0.05, 0) is 68.4 Å². The van der Waals surface area contributed by atoms with Crippen LogP contribution in [0.5, 0.6) is 5.75 Å². The van der Waals surface area contributed by atoms with Crippen molar-refractivity contribution < 1.29 is 14.2 Å². The highest BCUT2D eigenvalue weighted by atomic mass is 16.6. The van der Waals surface area contributed by atoms with Crippen molar-refractivity contribution in [2.45, 2.75) is 39.2 Å². The van der Waals surface area contributed by atoms with Crippen molar-refractivity contribution in [1.29, 1.82) is 0 Å². The number of pyridine rings is 1. The van der Waals surface area contributed by atoms with Gasteiger partial charge in [-0.25, -0.2) is 4.63 Å². The summed E-state index contributed by atoms with van der Waals surface area (Å²) < 4.78 is 10.7. The van der Waals surface area contributed by atoms with Crippen molar-refractivity contribution in [3.63, 3.8) is 0 Å². The number of hydrogen-bond donors (Lipinski definition) is 0. The minimum atomic E-state index is 0.0126. The van der Waals surface area contributed by atoms with Crippen molar-refractivity contribution in [3.05, 3.63) is 83.3 Å². The molecule has 0 bridgehead atoms. The third-order valence-corrected chi connectivity index (χ3v) is 6.53. The maximum Gasteiger partial charge on any atom is 0.257 e. The fourth-order valence-electron chi connectivity index (χ4n) is 4.60. The van der Waals surface area contributed by atoms with Crippen molar-refractivity contribution in [1.82, 2.24) is 20.2 Å². The highest BCUT2D eigenvalue weighted by molar-refractivity contribution is 5.97. The molecule has 0 radical (unpaired) electrons. The lowest BCUT2D eigenvalue weighted by molar-refractivity contribution is 0.0755. The van der Waals surface area contributed by atoms with Gasteiger partial charge in [-0.1, -0.05) is 40.6 Å². The molecule has 1 fully saturated rings. The summed E-state index contributed by atoms with van der Waals surface area (Å²) in [5.74, 6) is 1.10. The molecule has 5 rings (SSSR count). The number of ether oxygens (including phenoxy) is 1. The Morgan fingerprint density at radius 3 is 2.82 bits per heavy atom. The molecule has 3 heterocycles. The number of aromatic nitrogens is 3. The first kappa shape index (κ1) is 22.1. The van der Waals surface area contributed by atoms with Gasteiger partial charge < -0.3 is 9.64 Å². The van der Waals surface area contributed by atoms with Crippen LogP contribution in [0.3, 0.4) is 0 Å². The number of benzene rings is 2. The summed E-state index contributed by atoms with van der Waals surface area (Å²) in [5.41, 5.74) is 4.18. The van der Waals surface area contributed by atoms with Crippen molar-refractivity contribution in [3.8, 4) is 5.75 Å². The molecule has 1 amide bonds. The van der Waals surface area contributed by atoms with Crippen LogP contribution >= 0.6 is 0 Å². The van der Waals surface area contributed by atoms with E-state index in [0.29, 0.717) is 28.6 Å². The molecule has 4 aromatic rings. The van der Waals surface area contributed by atoms with Crippen LogP contribution in [0.1, 0.15) is 46.6 Å². The molecule has 34 heavy (non-hydrogen) atoms. The summed E-state index contributed by atoms with van der Waals surface area (Å²) in [5, 5.41) is 8.81. The van der Waals surface area contributed by atoms with Crippen molar-refractivity contribution in [2.75, 3.05) is 13.1 Å². The second-order valence-corrected chi connectivity index (χ2v) is 8.91. The summed E-state index contributed by atoms with van der Waals surface area (Å²) in [7, 11) is 0. The molecule has 7 nitrogen and oxygen atoms in total. The van der Waals surface area contributed by atoms with E-state index in [-0.39, 0.29) is 12.5 Å². The monoisotopic (exact) mass is 456 g/mol. The molecule has 7 heteroatoms. The van der Waals surface area contributed by atoms with E-state index < -0.39 is 0 Å². The number of likely N-dealkylation sites (tertiary alicyclic amines) is 1. The van der Waals surface area contributed by atoms with E-state index in [9.17, 15) is 4.79 Å². The number of carbonyl (C=O) groups is 1. The molecule has 2 aromatic heterocycles. The average Bonchev–Trinajstić information content (AvgIpc) is 3.14. The van der Waals surface area contributed by atoms with Gasteiger partial charge >= 0.3 is 0 Å². The van der Waals surface area contributed by atoms with Gasteiger partial charge in [0.15, 0.2) is 0 Å². The normalized spacial score (nSPS) is 16.4. The zero-order valence-electron chi connectivity index (χ0n) is 19.3. The van der Waals surface area contributed by atoms with Gasteiger partial charge in [0, 0.05) is 24.7 Å². The van der Waals surface area contributed by atoms with Crippen LogP contribution in [0.15, 0.2) is 65.4 Å². The van der Waals surface area contributed by atoms with Crippen LogP contribution in [0, 0.1) is 12.8 Å². The average molecular weight is 457 g/mol. The van der Waals surface area contributed by atoms with Gasteiger partial charge in [-0.15, -0.1) is 0 Å². The number of hydrogen-bond acceptors (Lipinski definition) is 6. The van der Waals surface area contributed by atoms with E-state index in [4.69, 9.17) is 9.37 Å². The third-order valence-electron chi connectivity index (χ3n) is 6.53. The lowest BCUT2D eigenvalue weighted by Crippen LogP contribution is -2.32. The standard InChI is InChI=1S/C27H28N4O3/c1-19-25(30-34-29-19)18-33-26-11-5-3-9-23(26)27(32)31-13-6-7-20(12-14-31)15-21-16-22-8-2-4-10-24(22)28-17-21/h2-5,8-11,16-17,20H,6-7,12-15,18H2,1H3. The Kier molecular flexibility index (Phi) is 6.51. The minimum Gasteiger partial charge on any atom is -0.486 e. The maximum absolute atomic E-state index is 13.4. The summed E-state index contributed by atoms with van der Waals surface area (Å²) in [6, 6.07) is 17.9. The van der Waals surface area contributed by atoms with Gasteiger partial charge in [0.05, 0.1) is 11.1 Å². The topological polar surface area (TPSA) is 81.3 Å². The zero-order valence-corrected chi connectivity index (χ0v) is 19.3.